The van der Waals surface area contributed by atoms with Crippen molar-refractivity contribution in [2.75, 3.05) is 12.8 Å². The van der Waals surface area contributed by atoms with Gasteiger partial charge < -0.3 is 15.6 Å². The first-order chi connectivity index (χ1) is 9.60. The Labute approximate surface area is 113 Å². The molecule has 2 aromatic heterocycles. The maximum Gasteiger partial charge on any atom is 0.263 e. The number of H-pyrrole nitrogens is 1. The highest BCUT2D eigenvalue weighted by Gasteiger charge is 2.14. The lowest BCUT2D eigenvalue weighted by Crippen LogP contribution is -2.07. The summed E-state index contributed by atoms with van der Waals surface area (Å²) in [7, 11) is 1.58. The molecular formula is C13H12N4O3. The Kier molecular flexibility index (Phi) is 2.60. The van der Waals surface area contributed by atoms with Gasteiger partial charge in [-0.15, -0.1) is 0 Å². The van der Waals surface area contributed by atoms with E-state index in [1.54, 1.807) is 31.4 Å². The van der Waals surface area contributed by atoms with Gasteiger partial charge >= 0.3 is 0 Å². The van der Waals surface area contributed by atoms with Gasteiger partial charge in [-0.3, -0.25) is 9.78 Å². The van der Waals surface area contributed by atoms with E-state index in [9.17, 15) is 9.90 Å². The van der Waals surface area contributed by atoms with Crippen LogP contribution in [0.1, 0.15) is 0 Å². The van der Waals surface area contributed by atoms with E-state index < -0.39 is 5.56 Å². The summed E-state index contributed by atoms with van der Waals surface area (Å²) in [5.74, 6) is 0.674. The summed E-state index contributed by atoms with van der Waals surface area (Å²) in [6.45, 7) is 0. The molecule has 4 N–H and O–H groups in total. The van der Waals surface area contributed by atoms with Crippen LogP contribution in [0.25, 0.3) is 16.6 Å². The van der Waals surface area contributed by atoms with Crippen molar-refractivity contribution in [1.29, 1.82) is 0 Å². The van der Waals surface area contributed by atoms with E-state index in [-0.39, 0.29) is 17.1 Å². The number of hydrogen-bond donors (Lipinski definition) is 3. The molecule has 0 unspecified atom stereocenters. The van der Waals surface area contributed by atoms with Crippen molar-refractivity contribution >= 4 is 16.7 Å². The van der Waals surface area contributed by atoms with Crippen LogP contribution in [0, 0.1) is 0 Å². The highest BCUT2D eigenvalue weighted by atomic mass is 16.5. The molecule has 0 fully saturated rings. The summed E-state index contributed by atoms with van der Waals surface area (Å²) in [5.41, 5.74) is 6.51. The Morgan fingerprint density at radius 2 is 2.05 bits per heavy atom. The number of aromatic nitrogens is 3. The van der Waals surface area contributed by atoms with Gasteiger partial charge in [-0.1, -0.05) is 0 Å². The lowest BCUT2D eigenvalue weighted by atomic mass is 10.3. The molecule has 20 heavy (non-hydrogen) atoms. The number of nitrogens with two attached hydrogens (primary N) is 1. The van der Waals surface area contributed by atoms with Crippen LogP contribution in [-0.2, 0) is 0 Å². The first-order valence-electron chi connectivity index (χ1n) is 5.85. The summed E-state index contributed by atoms with van der Waals surface area (Å²) in [4.78, 5) is 14.1. The monoisotopic (exact) mass is 272 g/mol. The number of nitrogens with zero attached hydrogens (tertiary/aromatic N) is 2. The lowest BCUT2D eigenvalue weighted by Gasteiger charge is -2.04. The Balaban J connectivity index is 2.23. The third-order valence-corrected chi connectivity index (χ3v) is 3.01. The number of aromatic hydroxyl groups is 1. The number of fused-ring (bicyclic) bond motifs is 1. The molecule has 0 radical (unpaired) electrons. The third-order valence-electron chi connectivity index (χ3n) is 3.01. The van der Waals surface area contributed by atoms with Gasteiger partial charge in [-0.05, 0) is 24.3 Å². The minimum atomic E-state index is -0.475. The molecule has 102 valence electrons. The summed E-state index contributed by atoms with van der Waals surface area (Å²) >= 11 is 0. The fourth-order valence-corrected chi connectivity index (χ4v) is 2.05. The molecule has 0 saturated carbocycles. The number of benzene rings is 1. The van der Waals surface area contributed by atoms with Crippen molar-refractivity contribution in [2.24, 2.45) is 0 Å². The first-order valence-corrected chi connectivity index (χ1v) is 5.85. The van der Waals surface area contributed by atoms with Gasteiger partial charge in [0.15, 0.2) is 5.88 Å². The largest absolute Gasteiger partial charge is 0.497 e. The van der Waals surface area contributed by atoms with Crippen LogP contribution in [0.4, 0.5) is 5.82 Å². The summed E-state index contributed by atoms with van der Waals surface area (Å²) in [6, 6.07) is 8.43. The average Bonchev–Trinajstić information content (AvgIpc) is 2.76. The molecule has 7 nitrogen and oxygen atoms in total. The predicted octanol–water partition coefficient (Wildman–Crippen LogP) is 1.01. The molecule has 0 amide bonds. The molecular weight excluding hydrogens is 260 g/mol. The third kappa shape index (κ3) is 1.76. The number of rotatable bonds is 2. The average molecular weight is 272 g/mol. The van der Waals surface area contributed by atoms with Crippen molar-refractivity contribution in [3.8, 4) is 17.3 Å². The van der Waals surface area contributed by atoms with Crippen LogP contribution in [0.3, 0.4) is 0 Å². The number of nitrogen functional groups attached to an aromatic ring is 1. The van der Waals surface area contributed by atoms with Crippen LogP contribution in [0.2, 0.25) is 0 Å². The van der Waals surface area contributed by atoms with Crippen LogP contribution in [0.15, 0.2) is 35.1 Å². The number of ether oxygens (including phenoxy) is 1. The number of anilines is 1. The Morgan fingerprint density at radius 1 is 1.35 bits per heavy atom. The van der Waals surface area contributed by atoms with E-state index in [0.717, 1.165) is 0 Å². The molecule has 0 aliphatic rings. The number of aromatic amines is 1. The van der Waals surface area contributed by atoms with Gasteiger partial charge in [-0.2, -0.15) is 5.10 Å². The van der Waals surface area contributed by atoms with Crippen molar-refractivity contribution in [3.05, 3.63) is 40.7 Å². The van der Waals surface area contributed by atoms with E-state index >= 15 is 0 Å². The van der Waals surface area contributed by atoms with Gasteiger partial charge in [0, 0.05) is 6.07 Å². The van der Waals surface area contributed by atoms with E-state index in [1.807, 2.05) is 0 Å². The Morgan fingerprint density at radius 3 is 2.70 bits per heavy atom. The molecule has 0 bridgehead atoms. The van der Waals surface area contributed by atoms with Crippen LogP contribution >= 0.6 is 0 Å². The maximum atomic E-state index is 11.8. The fraction of sp³-hybridized carbons (Fsp3) is 0.0769. The highest BCUT2D eigenvalue weighted by Crippen LogP contribution is 2.23. The zero-order chi connectivity index (χ0) is 14.3. The second-order valence-corrected chi connectivity index (χ2v) is 4.24. The van der Waals surface area contributed by atoms with Crippen molar-refractivity contribution in [2.45, 2.75) is 0 Å². The number of hydrogen-bond acceptors (Lipinski definition) is 5. The van der Waals surface area contributed by atoms with Gasteiger partial charge in [0.25, 0.3) is 5.56 Å². The zero-order valence-corrected chi connectivity index (χ0v) is 10.6. The summed E-state index contributed by atoms with van der Waals surface area (Å²) in [6.07, 6.45) is 0. The molecule has 3 rings (SSSR count). The molecule has 0 aliphatic carbocycles. The van der Waals surface area contributed by atoms with E-state index in [1.165, 1.54) is 10.7 Å². The standard InChI is InChI=1S/C13H12N4O3/c1-20-8-4-2-7(3-5-8)17-12(14)11-9(16-17)6-10(18)15-13(11)19/h2-6,18H,14H2,1H3,(H,15,19). The van der Waals surface area contributed by atoms with Crippen molar-refractivity contribution in [3.63, 3.8) is 0 Å². The van der Waals surface area contributed by atoms with E-state index in [0.29, 0.717) is 17.0 Å². The van der Waals surface area contributed by atoms with Gasteiger partial charge in [0.2, 0.25) is 0 Å². The molecule has 7 heteroatoms. The molecule has 0 atom stereocenters. The predicted molar refractivity (Wildman–Crippen MR) is 74.3 cm³/mol. The summed E-state index contributed by atoms with van der Waals surface area (Å²) in [5, 5.41) is 13.9. The second-order valence-electron chi connectivity index (χ2n) is 4.24. The topological polar surface area (TPSA) is 106 Å². The quantitative estimate of drug-likeness (QED) is 0.645. The molecule has 1 aromatic carbocycles. The Bertz CT molecular complexity index is 833. The van der Waals surface area contributed by atoms with Gasteiger partial charge in [-0.25, -0.2) is 4.68 Å². The molecule has 0 saturated heterocycles. The normalized spacial score (nSPS) is 10.8. The van der Waals surface area contributed by atoms with Crippen LogP contribution in [0.5, 0.6) is 11.6 Å². The number of nitrogens with one attached hydrogen (secondary N) is 1. The Hall–Kier alpha value is -2.96. The molecule has 0 spiro atoms. The molecule has 0 aliphatic heterocycles. The smallest absolute Gasteiger partial charge is 0.263 e. The number of methoxy groups -OCH3 is 1. The molecule has 2 heterocycles. The minimum Gasteiger partial charge on any atom is -0.497 e. The van der Waals surface area contributed by atoms with Crippen LogP contribution < -0.4 is 16.0 Å². The molecule has 3 aromatic rings. The van der Waals surface area contributed by atoms with E-state index in [2.05, 4.69) is 10.1 Å². The van der Waals surface area contributed by atoms with Crippen molar-refractivity contribution < 1.29 is 9.84 Å². The zero-order valence-electron chi connectivity index (χ0n) is 10.6. The van der Waals surface area contributed by atoms with Gasteiger partial charge in [0.05, 0.1) is 12.8 Å². The number of pyridine rings is 1. The summed E-state index contributed by atoms with van der Waals surface area (Å²) < 4.78 is 6.52. The first kappa shape index (κ1) is 12.1. The fourth-order valence-electron chi connectivity index (χ4n) is 2.05. The lowest BCUT2D eigenvalue weighted by molar-refractivity contribution is 0.414. The maximum absolute atomic E-state index is 11.8. The SMILES string of the molecule is COc1ccc(-n2nc3cc(O)[nH]c(=O)c3c2N)cc1. The van der Waals surface area contributed by atoms with E-state index in [4.69, 9.17) is 10.5 Å². The van der Waals surface area contributed by atoms with Crippen LogP contribution in [-0.4, -0.2) is 27.0 Å². The van der Waals surface area contributed by atoms with Gasteiger partial charge in [0.1, 0.15) is 22.5 Å². The second kappa shape index (κ2) is 4.30. The van der Waals surface area contributed by atoms with Crippen molar-refractivity contribution in [1.82, 2.24) is 14.8 Å². The highest BCUT2D eigenvalue weighted by molar-refractivity contribution is 5.89. The minimum absolute atomic E-state index is 0.214.